The molecule has 0 N–H and O–H groups in total. The third-order valence-corrected chi connectivity index (χ3v) is 5.93. The van der Waals surface area contributed by atoms with E-state index in [1.165, 1.54) is 10.8 Å². The SMILES string of the molecule is Clc1ccc2c(c1)oc1ccc(N(c3ccccc3)c3cccc4ccccc34)cc12. The average molecular weight is 420 g/mol. The highest BCUT2D eigenvalue weighted by Crippen LogP contribution is 2.41. The minimum absolute atomic E-state index is 0.674. The summed E-state index contributed by atoms with van der Waals surface area (Å²) in [5, 5.41) is 5.23. The van der Waals surface area contributed by atoms with Crippen LogP contribution in [0.1, 0.15) is 0 Å². The van der Waals surface area contributed by atoms with Crippen LogP contribution in [0.5, 0.6) is 0 Å². The molecule has 0 aliphatic heterocycles. The summed E-state index contributed by atoms with van der Waals surface area (Å²) in [5.74, 6) is 0. The standard InChI is InChI=1S/C28H18ClNO/c29-20-13-15-24-25-18-22(14-16-27(25)31-28(24)17-20)30(21-9-2-1-3-10-21)26-12-6-8-19-7-4-5-11-23(19)26/h1-18H. The second-order valence-electron chi connectivity index (χ2n) is 7.59. The molecule has 148 valence electrons. The number of furan rings is 1. The fourth-order valence-electron chi connectivity index (χ4n) is 4.29. The number of benzene rings is 5. The smallest absolute Gasteiger partial charge is 0.136 e. The maximum absolute atomic E-state index is 6.18. The van der Waals surface area contributed by atoms with Gasteiger partial charge in [-0.3, -0.25) is 0 Å². The number of hydrogen-bond donors (Lipinski definition) is 0. The van der Waals surface area contributed by atoms with Crippen molar-refractivity contribution < 1.29 is 4.42 Å². The molecule has 0 radical (unpaired) electrons. The van der Waals surface area contributed by atoms with Gasteiger partial charge in [-0.1, -0.05) is 66.2 Å². The van der Waals surface area contributed by atoms with Crippen molar-refractivity contribution in [1.82, 2.24) is 0 Å². The zero-order valence-electron chi connectivity index (χ0n) is 16.6. The van der Waals surface area contributed by atoms with Crippen LogP contribution >= 0.6 is 11.6 Å². The Labute approximate surface area is 184 Å². The van der Waals surface area contributed by atoms with Crippen molar-refractivity contribution in [2.24, 2.45) is 0 Å². The molecule has 0 saturated carbocycles. The highest BCUT2D eigenvalue weighted by Gasteiger charge is 2.17. The average Bonchev–Trinajstić information content (AvgIpc) is 3.17. The number of halogens is 1. The number of hydrogen-bond acceptors (Lipinski definition) is 2. The van der Waals surface area contributed by atoms with E-state index >= 15 is 0 Å². The number of nitrogens with zero attached hydrogens (tertiary/aromatic N) is 1. The van der Waals surface area contributed by atoms with Crippen molar-refractivity contribution >= 4 is 61.4 Å². The molecule has 5 aromatic carbocycles. The monoisotopic (exact) mass is 419 g/mol. The summed E-state index contributed by atoms with van der Waals surface area (Å²) in [5.41, 5.74) is 4.98. The molecule has 1 aromatic heterocycles. The van der Waals surface area contributed by atoms with Crippen LogP contribution < -0.4 is 4.90 Å². The van der Waals surface area contributed by atoms with E-state index in [9.17, 15) is 0 Å². The first-order valence-electron chi connectivity index (χ1n) is 10.2. The van der Waals surface area contributed by atoms with E-state index in [1.807, 2.05) is 30.3 Å². The summed E-state index contributed by atoms with van der Waals surface area (Å²) in [4.78, 5) is 2.30. The Hall–Kier alpha value is -3.75. The summed E-state index contributed by atoms with van der Waals surface area (Å²) in [6.07, 6.45) is 0. The van der Waals surface area contributed by atoms with Crippen molar-refractivity contribution in [1.29, 1.82) is 0 Å². The predicted octanol–water partition coefficient (Wildman–Crippen LogP) is 8.86. The predicted molar refractivity (Wildman–Crippen MR) is 131 cm³/mol. The summed E-state index contributed by atoms with van der Waals surface area (Å²) in [6, 6.07) is 37.5. The van der Waals surface area contributed by atoms with Crippen LogP contribution in [-0.4, -0.2) is 0 Å². The normalized spacial score (nSPS) is 11.4. The molecule has 31 heavy (non-hydrogen) atoms. The quantitative estimate of drug-likeness (QED) is 0.284. The van der Waals surface area contributed by atoms with Crippen LogP contribution in [0.3, 0.4) is 0 Å². The van der Waals surface area contributed by atoms with Gasteiger partial charge in [-0.15, -0.1) is 0 Å². The summed E-state index contributed by atoms with van der Waals surface area (Å²) >= 11 is 6.18. The Morgan fingerprint density at radius 1 is 0.548 bits per heavy atom. The largest absolute Gasteiger partial charge is 0.456 e. The third-order valence-electron chi connectivity index (χ3n) is 5.70. The molecule has 0 fully saturated rings. The molecule has 0 amide bonds. The number of para-hydroxylation sites is 1. The first-order chi connectivity index (χ1) is 15.3. The molecule has 0 aliphatic carbocycles. The molecule has 0 aliphatic rings. The van der Waals surface area contributed by atoms with Gasteiger partial charge in [0.25, 0.3) is 0 Å². The third kappa shape index (κ3) is 3.04. The number of rotatable bonds is 3. The van der Waals surface area contributed by atoms with Gasteiger partial charge in [0, 0.05) is 38.6 Å². The Morgan fingerprint density at radius 2 is 1.35 bits per heavy atom. The van der Waals surface area contributed by atoms with Gasteiger partial charge in [-0.2, -0.15) is 0 Å². The van der Waals surface area contributed by atoms with Gasteiger partial charge in [0.05, 0.1) is 5.69 Å². The van der Waals surface area contributed by atoms with Crippen LogP contribution in [0.4, 0.5) is 17.1 Å². The molecular formula is C28H18ClNO. The van der Waals surface area contributed by atoms with E-state index < -0.39 is 0 Å². The first-order valence-corrected chi connectivity index (χ1v) is 10.6. The van der Waals surface area contributed by atoms with E-state index in [0.717, 1.165) is 39.0 Å². The van der Waals surface area contributed by atoms with Crippen molar-refractivity contribution in [3.8, 4) is 0 Å². The van der Waals surface area contributed by atoms with Crippen molar-refractivity contribution in [2.75, 3.05) is 4.90 Å². The molecule has 6 rings (SSSR count). The molecule has 6 aromatic rings. The van der Waals surface area contributed by atoms with Crippen LogP contribution in [-0.2, 0) is 0 Å². The molecule has 0 saturated heterocycles. The molecule has 0 atom stereocenters. The lowest BCUT2D eigenvalue weighted by Gasteiger charge is -2.26. The molecule has 0 bridgehead atoms. The molecule has 0 unspecified atom stereocenters. The van der Waals surface area contributed by atoms with Crippen molar-refractivity contribution in [2.45, 2.75) is 0 Å². The first kappa shape index (κ1) is 18.1. The fourth-order valence-corrected chi connectivity index (χ4v) is 4.45. The van der Waals surface area contributed by atoms with E-state index in [4.69, 9.17) is 16.0 Å². The Kier molecular flexibility index (Phi) is 4.19. The van der Waals surface area contributed by atoms with Gasteiger partial charge >= 0.3 is 0 Å². The van der Waals surface area contributed by atoms with Gasteiger partial charge in [-0.05, 0) is 53.9 Å². The minimum atomic E-state index is 0.674. The van der Waals surface area contributed by atoms with Crippen LogP contribution in [0.2, 0.25) is 5.02 Å². The van der Waals surface area contributed by atoms with Gasteiger partial charge in [0.15, 0.2) is 0 Å². The Balaban J connectivity index is 1.63. The van der Waals surface area contributed by atoms with E-state index in [2.05, 4.69) is 83.8 Å². The lowest BCUT2D eigenvalue weighted by molar-refractivity contribution is 0.669. The van der Waals surface area contributed by atoms with Crippen LogP contribution in [0, 0.1) is 0 Å². The lowest BCUT2D eigenvalue weighted by Crippen LogP contribution is -2.10. The second-order valence-corrected chi connectivity index (χ2v) is 8.03. The maximum Gasteiger partial charge on any atom is 0.136 e. The molecule has 2 nitrogen and oxygen atoms in total. The Morgan fingerprint density at radius 3 is 2.26 bits per heavy atom. The Bertz CT molecular complexity index is 1550. The number of anilines is 3. The summed E-state index contributed by atoms with van der Waals surface area (Å²) in [7, 11) is 0. The van der Waals surface area contributed by atoms with Crippen LogP contribution in [0.25, 0.3) is 32.7 Å². The maximum atomic E-state index is 6.18. The van der Waals surface area contributed by atoms with Gasteiger partial charge in [0.2, 0.25) is 0 Å². The zero-order valence-corrected chi connectivity index (χ0v) is 17.4. The topological polar surface area (TPSA) is 16.4 Å². The highest BCUT2D eigenvalue weighted by molar-refractivity contribution is 6.31. The van der Waals surface area contributed by atoms with Gasteiger partial charge < -0.3 is 9.32 Å². The fraction of sp³-hybridized carbons (Fsp3) is 0. The van der Waals surface area contributed by atoms with E-state index in [0.29, 0.717) is 5.02 Å². The second kappa shape index (κ2) is 7.19. The van der Waals surface area contributed by atoms with Crippen LogP contribution in [0.15, 0.2) is 114 Å². The van der Waals surface area contributed by atoms with E-state index in [1.54, 1.807) is 0 Å². The summed E-state index contributed by atoms with van der Waals surface area (Å²) < 4.78 is 6.05. The van der Waals surface area contributed by atoms with Crippen molar-refractivity contribution in [3.05, 3.63) is 114 Å². The minimum Gasteiger partial charge on any atom is -0.456 e. The number of fused-ring (bicyclic) bond motifs is 4. The van der Waals surface area contributed by atoms with Crippen molar-refractivity contribution in [3.63, 3.8) is 0 Å². The summed E-state index contributed by atoms with van der Waals surface area (Å²) in [6.45, 7) is 0. The molecule has 1 heterocycles. The highest BCUT2D eigenvalue weighted by atomic mass is 35.5. The van der Waals surface area contributed by atoms with Gasteiger partial charge in [-0.25, -0.2) is 0 Å². The molecule has 0 spiro atoms. The zero-order chi connectivity index (χ0) is 20.8. The molecule has 3 heteroatoms. The van der Waals surface area contributed by atoms with E-state index in [-0.39, 0.29) is 0 Å². The lowest BCUT2D eigenvalue weighted by atomic mass is 10.1. The molecular weight excluding hydrogens is 402 g/mol. The van der Waals surface area contributed by atoms with Gasteiger partial charge in [0.1, 0.15) is 11.2 Å².